The van der Waals surface area contributed by atoms with Crippen molar-refractivity contribution in [2.45, 2.75) is 0 Å². The predicted octanol–water partition coefficient (Wildman–Crippen LogP) is 8.87. The molecule has 0 N–H and O–H groups in total. The van der Waals surface area contributed by atoms with Crippen LogP contribution in [0.25, 0.3) is 56.3 Å². The highest BCUT2D eigenvalue weighted by Gasteiger charge is 2.28. The van der Waals surface area contributed by atoms with Gasteiger partial charge in [-0.15, -0.1) is 0 Å². The van der Waals surface area contributed by atoms with Crippen LogP contribution in [0.1, 0.15) is 0 Å². The Balaban J connectivity index is 1.38. The van der Waals surface area contributed by atoms with Crippen LogP contribution in [0, 0.1) is 0 Å². The molecule has 0 saturated carbocycles. The van der Waals surface area contributed by atoms with Crippen molar-refractivity contribution < 1.29 is 0 Å². The standard InChI is InChI=1S/C36H23N5/c1-4-13-24(14-5-1)29-23-30(39-35(38-29)25-15-6-2-7-16-25)36-37-28-20-12-22-32-33(28)34(40-36)27-19-10-11-21-31(27)41(32)26-17-8-3-9-18-26/h1-23H. The van der Waals surface area contributed by atoms with E-state index < -0.39 is 0 Å². The Hall–Kier alpha value is -5.68. The molecule has 3 heterocycles. The summed E-state index contributed by atoms with van der Waals surface area (Å²) in [6.07, 6.45) is 0. The number of benzene rings is 5. The number of nitrogens with zero attached hydrogens (tertiary/aromatic N) is 5. The maximum Gasteiger partial charge on any atom is 0.179 e. The van der Waals surface area contributed by atoms with E-state index >= 15 is 0 Å². The summed E-state index contributed by atoms with van der Waals surface area (Å²) in [7, 11) is 0. The molecule has 2 aromatic heterocycles. The van der Waals surface area contributed by atoms with Crippen molar-refractivity contribution in [1.29, 1.82) is 0 Å². The quantitative estimate of drug-likeness (QED) is 0.230. The molecule has 192 valence electrons. The zero-order chi connectivity index (χ0) is 27.2. The van der Waals surface area contributed by atoms with Crippen molar-refractivity contribution in [2.24, 2.45) is 0 Å². The Morgan fingerprint density at radius 2 is 1.07 bits per heavy atom. The fourth-order valence-corrected chi connectivity index (χ4v) is 5.55. The first-order valence-electron chi connectivity index (χ1n) is 13.6. The lowest BCUT2D eigenvalue weighted by Gasteiger charge is -2.32. The molecule has 5 heteroatoms. The average molecular weight is 526 g/mol. The van der Waals surface area contributed by atoms with Gasteiger partial charge in [0.25, 0.3) is 0 Å². The molecule has 41 heavy (non-hydrogen) atoms. The van der Waals surface area contributed by atoms with E-state index in [1.165, 1.54) is 0 Å². The van der Waals surface area contributed by atoms with Crippen LogP contribution in [0.3, 0.4) is 0 Å². The van der Waals surface area contributed by atoms with Crippen LogP contribution >= 0.6 is 0 Å². The normalized spacial score (nSPS) is 11.9. The van der Waals surface area contributed by atoms with Crippen molar-refractivity contribution in [3.05, 3.63) is 140 Å². The van der Waals surface area contributed by atoms with Crippen molar-refractivity contribution in [3.8, 4) is 45.4 Å². The second-order valence-corrected chi connectivity index (χ2v) is 9.95. The van der Waals surface area contributed by atoms with E-state index in [4.69, 9.17) is 19.9 Å². The molecule has 7 aromatic rings. The third kappa shape index (κ3) is 3.95. The van der Waals surface area contributed by atoms with Crippen molar-refractivity contribution in [3.63, 3.8) is 0 Å². The largest absolute Gasteiger partial charge is 0.309 e. The topological polar surface area (TPSA) is 54.8 Å². The van der Waals surface area contributed by atoms with E-state index in [1.807, 2.05) is 60.7 Å². The van der Waals surface area contributed by atoms with Crippen LogP contribution < -0.4 is 4.90 Å². The number of hydrogen-bond acceptors (Lipinski definition) is 5. The lowest BCUT2D eigenvalue weighted by molar-refractivity contribution is 1.13. The highest BCUT2D eigenvalue weighted by Crippen LogP contribution is 2.50. The molecule has 0 aliphatic carbocycles. The number of fused-ring (bicyclic) bond motifs is 2. The van der Waals surface area contributed by atoms with Gasteiger partial charge in [-0.2, -0.15) is 0 Å². The van der Waals surface area contributed by atoms with Gasteiger partial charge in [0.1, 0.15) is 5.69 Å². The molecule has 1 aliphatic heterocycles. The molecule has 0 fully saturated rings. The summed E-state index contributed by atoms with van der Waals surface area (Å²) >= 11 is 0. The minimum absolute atomic E-state index is 0.573. The number of para-hydroxylation sites is 2. The summed E-state index contributed by atoms with van der Waals surface area (Å²) in [4.78, 5) is 22.5. The minimum atomic E-state index is 0.573. The van der Waals surface area contributed by atoms with Gasteiger partial charge in [0.2, 0.25) is 0 Å². The molecule has 0 unspecified atom stereocenters. The first kappa shape index (κ1) is 23.2. The molecule has 0 amide bonds. The van der Waals surface area contributed by atoms with Gasteiger partial charge < -0.3 is 4.90 Å². The van der Waals surface area contributed by atoms with Gasteiger partial charge in [-0.25, -0.2) is 19.9 Å². The van der Waals surface area contributed by atoms with E-state index in [0.29, 0.717) is 17.3 Å². The molecule has 1 aliphatic rings. The lowest BCUT2D eigenvalue weighted by Crippen LogP contribution is -2.16. The summed E-state index contributed by atoms with van der Waals surface area (Å²) in [5.74, 6) is 1.22. The summed E-state index contributed by atoms with van der Waals surface area (Å²) < 4.78 is 0. The molecule has 0 bridgehead atoms. The second kappa shape index (κ2) is 9.50. The van der Waals surface area contributed by atoms with Crippen LogP contribution in [-0.4, -0.2) is 19.9 Å². The van der Waals surface area contributed by atoms with Crippen LogP contribution in [-0.2, 0) is 0 Å². The number of rotatable bonds is 4. The molecule has 5 aromatic carbocycles. The first-order chi connectivity index (χ1) is 20.3. The smallest absolute Gasteiger partial charge is 0.179 e. The molecular formula is C36H23N5. The van der Waals surface area contributed by atoms with Crippen molar-refractivity contribution >= 4 is 28.0 Å². The fourth-order valence-electron chi connectivity index (χ4n) is 5.55. The third-order valence-electron chi connectivity index (χ3n) is 7.41. The Morgan fingerprint density at radius 1 is 0.439 bits per heavy atom. The lowest BCUT2D eigenvalue weighted by atomic mass is 9.96. The first-order valence-corrected chi connectivity index (χ1v) is 13.6. The number of hydrogen-bond donors (Lipinski definition) is 0. The summed E-state index contributed by atoms with van der Waals surface area (Å²) in [6.45, 7) is 0. The molecular weight excluding hydrogens is 502 g/mol. The van der Waals surface area contributed by atoms with Gasteiger partial charge in [0.15, 0.2) is 11.6 Å². The monoisotopic (exact) mass is 525 g/mol. The van der Waals surface area contributed by atoms with Crippen molar-refractivity contribution in [2.75, 3.05) is 4.90 Å². The Labute approximate surface area is 237 Å². The SMILES string of the molecule is c1ccc(-c2cc(-c3nc4c5c(cccc5n3)N(c3ccccc3)c3ccccc3-4)nc(-c3ccccc3)n2)cc1. The maximum atomic E-state index is 5.21. The van der Waals surface area contributed by atoms with Crippen LogP contribution in [0.4, 0.5) is 17.1 Å². The van der Waals surface area contributed by atoms with Gasteiger partial charge in [-0.3, -0.25) is 0 Å². The van der Waals surface area contributed by atoms with E-state index in [2.05, 4.69) is 83.8 Å². The highest BCUT2D eigenvalue weighted by molar-refractivity contribution is 6.11. The van der Waals surface area contributed by atoms with Gasteiger partial charge in [0, 0.05) is 22.4 Å². The minimum Gasteiger partial charge on any atom is -0.309 e. The van der Waals surface area contributed by atoms with Crippen LogP contribution in [0.2, 0.25) is 0 Å². The summed E-state index contributed by atoms with van der Waals surface area (Å²) in [5, 5.41) is 1.03. The van der Waals surface area contributed by atoms with Gasteiger partial charge in [-0.05, 0) is 36.4 Å². The second-order valence-electron chi connectivity index (χ2n) is 9.95. The molecule has 0 spiro atoms. The summed E-state index contributed by atoms with van der Waals surface area (Å²) in [6, 6.07) is 47.3. The van der Waals surface area contributed by atoms with Gasteiger partial charge >= 0.3 is 0 Å². The zero-order valence-corrected chi connectivity index (χ0v) is 22.0. The van der Waals surface area contributed by atoms with E-state index in [9.17, 15) is 0 Å². The Bertz CT molecular complexity index is 1980. The molecule has 0 radical (unpaired) electrons. The molecule has 0 atom stereocenters. The van der Waals surface area contributed by atoms with Gasteiger partial charge in [-0.1, -0.05) is 103 Å². The molecule has 0 saturated heterocycles. The number of anilines is 3. The molecule has 8 rings (SSSR count). The van der Waals surface area contributed by atoms with E-state index in [1.54, 1.807) is 0 Å². The highest BCUT2D eigenvalue weighted by atomic mass is 15.2. The predicted molar refractivity (Wildman–Crippen MR) is 165 cm³/mol. The fraction of sp³-hybridized carbons (Fsp3) is 0. The van der Waals surface area contributed by atoms with E-state index in [0.717, 1.165) is 56.0 Å². The van der Waals surface area contributed by atoms with Crippen LogP contribution in [0.15, 0.2) is 140 Å². The third-order valence-corrected chi connectivity index (χ3v) is 7.41. The number of aromatic nitrogens is 4. The zero-order valence-electron chi connectivity index (χ0n) is 22.0. The van der Waals surface area contributed by atoms with Gasteiger partial charge in [0.05, 0.1) is 33.7 Å². The average Bonchev–Trinajstić information content (AvgIpc) is 3.06. The Morgan fingerprint density at radius 3 is 1.85 bits per heavy atom. The van der Waals surface area contributed by atoms with Crippen molar-refractivity contribution in [1.82, 2.24) is 19.9 Å². The van der Waals surface area contributed by atoms with E-state index in [-0.39, 0.29) is 0 Å². The molecule has 5 nitrogen and oxygen atoms in total. The van der Waals surface area contributed by atoms with Crippen LogP contribution in [0.5, 0.6) is 0 Å². The maximum absolute atomic E-state index is 5.21. The summed E-state index contributed by atoms with van der Waals surface area (Å²) in [5.41, 5.74) is 9.56. The Kier molecular flexibility index (Phi) is 5.38.